The third-order valence-electron chi connectivity index (χ3n) is 4.13. The molecule has 1 N–H and O–H groups in total. The van der Waals surface area contributed by atoms with Crippen LogP contribution in [-0.4, -0.2) is 37.6 Å². The normalized spacial score (nSPS) is 22.2. The highest BCUT2D eigenvalue weighted by Crippen LogP contribution is 2.23. The molecule has 0 aliphatic heterocycles. The van der Waals surface area contributed by atoms with Crippen LogP contribution in [0.4, 0.5) is 0 Å². The van der Waals surface area contributed by atoms with E-state index in [1.807, 2.05) is 0 Å². The summed E-state index contributed by atoms with van der Waals surface area (Å²) >= 11 is 0. The Balaban J connectivity index is 2.36. The SMILES string of the molecule is CCC(C)C(CN(C)C1CCCC1)NC. The number of hydrogen-bond acceptors (Lipinski definition) is 2. The van der Waals surface area contributed by atoms with Crippen LogP contribution in [0.3, 0.4) is 0 Å². The highest BCUT2D eigenvalue weighted by molar-refractivity contribution is 4.80. The van der Waals surface area contributed by atoms with Crippen LogP contribution in [0, 0.1) is 5.92 Å². The van der Waals surface area contributed by atoms with Crippen molar-refractivity contribution in [1.29, 1.82) is 0 Å². The number of nitrogens with zero attached hydrogens (tertiary/aromatic N) is 1. The summed E-state index contributed by atoms with van der Waals surface area (Å²) in [7, 11) is 4.39. The molecule has 2 nitrogen and oxygen atoms in total. The molecule has 1 saturated carbocycles. The third kappa shape index (κ3) is 3.76. The van der Waals surface area contributed by atoms with Crippen LogP contribution < -0.4 is 5.32 Å². The van der Waals surface area contributed by atoms with E-state index in [-0.39, 0.29) is 0 Å². The van der Waals surface area contributed by atoms with Gasteiger partial charge < -0.3 is 10.2 Å². The van der Waals surface area contributed by atoms with Gasteiger partial charge in [0.1, 0.15) is 0 Å². The quantitative estimate of drug-likeness (QED) is 0.728. The predicted octanol–water partition coefficient (Wildman–Crippen LogP) is 2.49. The Hall–Kier alpha value is -0.0800. The van der Waals surface area contributed by atoms with Crippen molar-refractivity contribution in [2.24, 2.45) is 5.92 Å². The van der Waals surface area contributed by atoms with Crippen molar-refractivity contribution in [2.75, 3.05) is 20.6 Å². The first-order chi connectivity index (χ1) is 7.19. The molecule has 0 saturated heterocycles. The summed E-state index contributed by atoms with van der Waals surface area (Å²) in [5, 5.41) is 3.47. The summed E-state index contributed by atoms with van der Waals surface area (Å²) in [6, 6.07) is 1.51. The molecule has 0 radical (unpaired) electrons. The second-order valence-electron chi connectivity index (χ2n) is 5.16. The minimum absolute atomic E-state index is 0.653. The summed E-state index contributed by atoms with van der Waals surface area (Å²) in [6.07, 6.45) is 6.95. The first kappa shape index (κ1) is 13.0. The predicted molar refractivity (Wildman–Crippen MR) is 67.2 cm³/mol. The fourth-order valence-electron chi connectivity index (χ4n) is 2.64. The zero-order chi connectivity index (χ0) is 11.3. The molecule has 1 aliphatic carbocycles. The summed E-state index contributed by atoms with van der Waals surface area (Å²) in [4.78, 5) is 2.57. The Morgan fingerprint density at radius 2 is 1.93 bits per heavy atom. The Kier molecular flexibility index (Phi) is 5.62. The fraction of sp³-hybridized carbons (Fsp3) is 1.00. The highest BCUT2D eigenvalue weighted by Gasteiger charge is 2.23. The molecule has 0 bridgehead atoms. The Labute approximate surface area is 95.4 Å². The van der Waals surface area contributed by atoms with Crippen LogP contribution in [0.25, 0.3) is 0 Å². The molecular formula is C13H28N2. The maximum absolute atomic E-state index is 3.47. The third-order valence-corrected chi connectivity index (χ3v) is 4.13. The summed E-state index contributed by atoms with van der Waals surface area (Å²) in [5.41, 5.74) is 0. The first-order valence-electron chi connectivity index (χ1n) is 6.56. The molecule has 1 aliphatic rings. The first-order valence-corrected chi connectivity index (χ1v) is 6.56. The van der Waals surface area contributed by atoms with Gasteiger partial charge in [0.25, 0.3) is 0 Å². The average molecular weight is 212 g/mol. The molecule has 0 heterocycles. The minimum Gasteiger partial charge on any atom is -0.315 e. The fourth-order valence-corrected chi connectivity index (χ4v) is 2.64. The topological polar surface area (TPSA) is 15.3 Å². The molecule has 0 aromatic rings. The van der Waals surface area contributed by atoms with E-state index in [0.717, 1.165) is 12.0 Å². The van der Waals surface area contributed by atoms with Crippen LogP contribution in [0.5, 0.6) is 0 Å². The largest absolute Gasteiger partial charge is 0.315 e. The van der Waals surface area contributed by atoms with Crippen LogP contribution >= 0.6 is 0 Å². The lowest BCUT2D eigenvalue weighted by Crippen LogP contribution is -2.44. The Morgan fingerprint density at radius 3 is 2.40 bits per heavy atom. The van der Waals surface area contributed by atoms with Gasteiger partial charge in [-0.15, -0.1) is 0 Å². The second kappa shape index (κ2) is 6.49. The molecule has 0 spiro atoms. The van der Waals surface area contributed by atoms with Gasteiger partial charge in [0.15, 0.2) is 0 Å². The van der Waals surface area contributed by atoms with Crippen molar-refractivity contribution in [3.8, 4) is 0 Å². The summed E-state index contributed by atoms with van der Waals surface area (Å²) in [5.74, 6) is 0.777. The number of rotatable bonds is 6. The van der Waals surface area contributed by atoms with Gasteiger partial charge in [-0.3, -0.25) is 0 Å². The number of likely N-dealkylation sites (N-methyl/N-ethyl adjacent to an activating group) is 2. The maximum Gasteiger partial charge on any atom is 0.0217 e. The van der Waals surface area contributed by atoms with Gasteiger partial charge in [0, 0.05) is 18.6 Å². The molecule has 0 aromatic heterocycles. The van der Waals surface area contributed by atoms with Crippen molar-refractivity contribution in [3.05, 3.63) is 0 Å². The van der Waals surface area contributed by atoms with Crippen LogP contribution in [0.2, 0.25) is 0 Å². The highest BCUT2D eigenvalue weighted by atomic mass is 15.2. The molecular weight excluding hydrogens is 184 g/mol. The van der Waals surface area contributed by atoms with Crippen molar-refractivity contribution < 1.29 is 0 Å². The van der Waals surface area contributed by atoms with E-state index < -0.39 is 0 Å². The van der Waals surface area contributed by atoms with Gasteiger partial charge in [-0.2, -0.15) is 0 Å². The van der Waals surface area contributed by atoms with Crippen molar-refractivity contribution >= 4 is 0 Å². The van der Waals surface area contributed by atoms with Gasteiger partial charge in [0.2, 0.25) is 0 Å². The van der Waals surface area contributed by atoms with Crippen molar-refractivity contribution in [3.63, 3.8) is 0 Å². The van der Waals surface area contributed by atoms with E-state index >= 15 is 0 Å². The lowest BCUT2D eigenvalue weighted by Gasteiger charge is -2.31. The van der Waals surface area contributed by atoms with Crippen LogP contribution in [-0.2, 0) is 0 Å². The molecule has 2 atom stereocenters. The zero-order valence-electron chi connectivity index (χ0n) is 10.9. The van der Waals surface area contributed by atoms with Gasteiger partial charge in [-0.05, 0) is 32.9 Å². The van der Waals surface area contributed by atoms with E-state index in [4.69, 9.17) is 0 Å². The van der Waals surface area contributed by atoms with Crippen molar-refractivity contribution in [2.45, 2.75) is 58.0 Å². The Morgan fingerprint density at radius 1 is 1.33 bits per heavy atom. The van der Waals surface area contributed by atoms with E-state index in [9.17, 15) is 0 Å². The average Bonchev–Trinajstić information content (AvgIpc) is 2.77. The standard InChI is InChI=1S/C13H28N2/c1-5-11(2)13(14-3)10-15(4)12-8-6-7-9-12/h11-14H,5-10H2,1-4H3. The molecule has 0 amide bonds. The zero-order valence-corrected chi connectivity index (χ0v) is 10.9. The van der Waals surface area contributed by atoms with Gasteiger partial charge in [-0.25, -0.2) is 0 Å². The molecule has 15 heavy (non-hydrogen) atoms. The van der Waals surface area contributed by atoms with E-state index in [2.05, 4.69) is 38.2 Å². The van der Waals surface area contributed by atoms with E-state index in [1.165, 1.54) is 38.6 Å². The molecule has 90 valence electrons. The minimum atomic E-state index is 0.653. The summed E-state index contributed by atoms with van der Waals surface area (Å²) in [6.45, 7) is 5.84. The summed E-state index contributed by atoms with van der Waals surface area (Å²) < 4.78 is 0. The lowest BCUT2D eigenvalue weighted by atomic mass is 9.98. The van der Waals surface area contributed by atoms with Crippen LogP contribution in [0.1, 0.15) is 46.0 Å². The second-order valence-corrected chi connectivity index (χ2v) is 5.16. The molecule has 1 rings (SSSR count). The molecule has 1 fully saturated rings. The smallest absolute Gasteiger partial charge is 0.0217 e. The van der Waals surface area contributed by atoms with E-state index in [1.54, 1.807) is 0 Å². The van der Waals surface area contributed by atoms with Crippen molar-refractivity contribution in [1.82, 2.24) is 10.2 Å². The van der Waals surface area contributed by atoms with Gasteiger partial charge >= 0.3 is 0 Å². The monoisotopic (exact) mass is 212 g/mol. The number of nitrogens with one attached hydrogen (secondary N) is 1. The molecule has 2 unspecified atom stereocenters. The number of hydrogen-bond donors (Lipinski definition) is 1. The van der Waals surface area contributed by atoms with Crippen LogP contribution in [0.15, 0.2) is 0 Å². The Bertz CT molecular complexity index is 164. The molecule has 0 aromatic carbocycles. The molecule has 2 heteroatoms. The van der Waals surface area contributed by atoms with Gasteiger partial charge in [0.05, 0.1) is 0 Å². The van der Waals surface area contributed by atoms with Gasteiger partial charge in [-0.1, -0.05) is 33.1 Å². The lowest BCUT2D eigenvalue weighted by molar-refractivity contribution is 0.197. The van der Waals surface area contributed by atoms with E-state index in [0.29, 0.717) is 6.04 Å². The maximum atomic E-state index is 3.47.